The molecule has 0 bridgehead atoms. The van der Waals surface area contributed by atoms with Crippen LogP contribution in [0.4, 0.5) is 5.82 Å². The first-order chi connectivity index (χ1) is 19.5. The first-order valence-electron chi connectivity index (χ1n) is 14.7. The summed E-state index contributed by atoms with van der Waals surface area (Å²) in [6.07, 6.45) is 6.32. The van der Waals surface area contributed by atoms with Crippen LogP contribution in [0, 0.1) is 5.92 Å². The van der Waals surface area contributed by atoms with Crippen molar-refractivity contribution in [3.8, 4) is 17.0 Å². The Bertz CT molecular complexity index is 1350. The number of para-hydroxylation sites is 1. The Hall–Kier alpha value is -2.38. The van der Waals surface area contributed by atoms with Gasteiger partial charge in [-0.2, -0.15) is 0 Å². The second kappa shape index (κ2) is 11.8. The topological polar surface area (TPSA) is 53.5 Å². The molecule has 2 aromatic heterocycles. The molecule has 6 nitrogen and oxygen atoms in total. The van der Waals surface area contributed by atoms with E-state index in [2.05, 4.69) is 51.3 Å². The predicted molar refractivity (Wildman–Crippen MR) is 164 cm³/mol. The molecule has 3 aliphatic heterocycles. The van der Waals surface area contributed by atoms with E-state index in [0.29, 0.717) is 28.6 Å². The van der Waals surface area contributed by atoms with Gasteiger partial charge in [0.1, 0.15) is 11.6 Å². The molecule has 5 heterocycles. The average molecular weight is 581 g/mol. The number of rotatable bonds is 7. The zero-order chi connectivity index (χ0) is 27.7. The van der Waals surface area contributed by atoms with Crippen molar-refractivity contribution in [2.75, 3.05) is 44.2 Å². The van der Waals surface area contributed by atoms with Crippen molar-refractivity contribution in [2.24, 2.45) is 5.92 Å². The van der Waals surface area contributed by atoms with Crippen LogP contribution in [0.1, 0.15) is 50.8 Å². The highest BCUT2D eigenvalue weighted by atomic mass is 35.5. The zero-order valence-corrected chi connectivity index (χ0v) is 25.0. The number of ether oxygens (including phenoxy) is 1. The van der Waals surface area contributed by atoms with Crippen LogP contribution in [0.5, 0.6) is 5.75 Å². The van der Waals surface area contributed by atoms with Crippen molar-refractivity contribution in [3.63, 3.8) is 0 Å². The maximum absolute atomic E-state index is 6.62. The lowest BCUT2D eigenvalue weighted by molar-refractivity contribution is 0.0966. The Morgan fingerprint density at radius 3 is 2.80 bits per heavy atom. The summed E-state index contributed by atoms with van der Waals surface area (Å²) in [7, 11) is 0. The van der Waals surface area contributed by atoms with E-state index >= 15 is 0 Å². The van der Waals surface area contributed by atoms with E-state index < -0.39 is 0 Å². The molecule has 6 rings (SSSR count). The van der Waals surface area contributed by atoms with E-state index in [-0.39, 0.29) is 5.41 Å². The number of anilines is 1. The van der Waals surface area contributed by atoms with Gasteiger partial charge in [0.25, 0.3) is 0 Å². The molecule has 0 radical (unpaired) electrons. The Morgan fingerprint density at radius 1 is 1.15 bits per heavy atom. The van der Waals surface area contributed by atoms with Crippen LogP contribution in [0.3, 0.4) is 0 Å². The van der Waals surface area contributed by atoms with Gasteiger partial charge in [0.2, 0.25) is 0 Å². The minimum atomic E-state index is 0.0291. The molecule has 2 fully saturated rings. The standard InChI is InChI=1S/C32H39Cl2N5O/c1-3-22-18-39(31-27(34)16-23(33)17-36-31)15-13-32(22)21-38(19-24-8-7-14-35-24)20-29-26(32)11-12-28(37-29)25-9-5-6-10-30(25)40-4-2/h5-6,9-12,16-17,22,24,35H,3-4,7-8,13-15,18-21H2,1-2H3/t22?,24-,32?/m1/s1. The molecular formula is C32H39Cl2N5O. The van der Waals surface area contributed by atoms with Crippen LogP contribution < -0.4 is 15.0 Å². The minimum Gasteiger partial charge on any atom is -0.493 e. The smallest absolute Gasteiger partial charge is 0.147 e. The van der Waals surface area contributed by atoms with Gasteiger partial charge in [-0.05, 0) is 68.5 Å². The van der Waals surface area contributed by atoms with Crippen molar-refractivity contribution in [1.29, 1.82) is 0 Å². The fraction of sp³-hybridized carbons (Fsp3) is 0.500. The van der Waals surface area contributed by atoms with Crippen LogP contribution in [0.15, 0.2) is 48.7 Å². The molecule has 212 valence electrons. The van der Waals surface area contributed by atoms with Gasteiger partial charge < -0.3 is 15.0 Å². The molecule has 8 heteroatoms. The summed E-state index contributed by atoms with van der Waals surface area (Å²) < 4.78 is 5.97. The van der Waals surface area contributed by atoms with Gasteiger partial charge >= 0.3 is 0 Å². The van der Waals surface area contributed by atoms with Gasteiger partial charge in [0, 0.05) is 55.9 Å². The highest BCUT2D eigenvalue weighted by molar-refractivity contribution is 6.36. The van der Waals surface area contributed by atoms with Gasteiger partial charge in [-0.25, -0.2) is 4.98 Å². The number of benzene rings is 1. The lowest BCUT2D eigenvalue weighted by Gasteiger charge is -2.53. The van der Waals surface area contributed by atoms with Gasteiger partial charge in [-0.15, -0.1) is 0 Å². The van der Waals surface area contributed by atoms with Crippen LogP contribution in [0.2, 0.25) is 10.0 Å². The lowest BCUT2D eigenvalue weighted by Crippen LogP contribution is -2.58. The van der Waals surface area contributed by atoms with E-state index in [9.17, 15) is 0 Å². The Morgan fingerprint density at radius 2 is 2.02 bits per heavy atom. The molecule has 0 saturated carbocycles. The second-order valence-corrected chi connectivity index (χ2v) is 12.3. The van der Waals surface area contributed by atoms with Gasteiger partial charge in [0.05, 0.1) is 28.0 Å². The van der Waals surface area contributed by atoms with Gasteiger partial charge in [0.15, 0.2) is 0 Å². The summed E-state index contributed by atoms with van der Waals surface area (Å²) in [4.78, 5) is 15.0. The third kappa shape index (κ3) is 5.32. The Kier molecular flexibility index (Phi) is 8.23. The molecule has 3 aliphatic rings. The van der Waals surface area contributed by atoms with Crippen molar-refractivity contribution < 1.29 is 4.74 Å². The number of hydrogen-bond donors (Lipinski definition) is 1. The molecule has 40 heavy (non-hydrogen) atoms. The van der Waals surface area contributed by atoms with Crippen molar-refractivity contribution in [1.82, 2.24) is 20.2 Å². The predicted octanol–water partition coefficient (Wildman–Crippen LogP) is 6.59. The van der Waals surface area contributed by atoms with E-state index in [4.69, 9.17) is 32.9 Å². The molecule has 0 aliphatic carbocycles. The Labute approximate surface area is 248 Å². The summed E-state index contributed by atoms with van der Waals surface area (Å²) in [5, 5.41) is 4.91. The molecule has 3 aromatic rings. The number of hydrogen-bond acceptors (Lipinski definition) is 6. The number of nitrogens with one attached hydrogen (secondary N) is 1. The number of piperidine rings is 1. The third-order valence-corrected chi connectivity index (χ3v) is 9.61. The van der Waals surface area contributed by atoms with Crippen molar-refractivity contribution >= 4 is 29.0 Å². The minimum absolute atomic E-state index is 0.0291. The third-order valence-electron chi connectivity index (χ3n) is 9.12. The van der Waals surface area contributed by atoms with Crippen LogP contribution in [-0.2, 0) is 12.0 Å². The molecule has 3 atom stereocenters. The van der Waals surface area contributed by atoms with Gasteiger partial charge in [-0.3, -0.25) is 9.88 Å². The first kappa shape index (κ1) is 27.8. The second-order valence-electron chi connectivity index (χ2n) is 11.5. The number of pyridine rings is 2. The number of halogens is 2. The number of nitrogens with zero attached hydrogens (tertiary/aromatic N) is 4. The quantitative estimate of drug-likeness (QED) is 0.340. The monoisotopic (exact) mass is 579 g/mol. The summed E-state index contributed by atoms with van der Waals surface area (Å²) in [6.45, 7) is 10.9. The average Bonchev–Trinajstić information content (AvgIpc) is 3.47. The summed E-state index contributed by atoms with van der Waals surface area (Å²) in [6, 6.07) is 15.2. The highest BCUT2D eigenvalue weighted by Crippen LogP contribution is 2.48. The van der Waals surface area contributed by atoms with E-state index in [0.717, 1.165) is 74.9 Å². The lowest BCUT2D eigenvalue weighted by atomic mass is 9.62. The molecule has 1 spiro atoms. The van der Waals surface area contributed by atoms with E-state index in [1.54, 1.807) is 12.3 Å². The molecular weight excluding hydrogens is 541 g/mol. The van der Waals surface area contributed by atoms with E-state index in [1.165, 1.54) is 24.1 Å². The Balaban J connectivity index is 1.37. The fourth-order valence-corrected chi connectivity index (χ4v) is 7.78. The van der Waals surface area contributed by atoms with Crippen LogP contribution in [0.25, 0.3) is 11.3 Å². The SMILES string of the molecule is CCOc1ccccc1-c1ccc2c(n1)CN(C[C@H]1CCCN1)CC21CCN(c2ncc(Cl)cc2Cl)CC1CC. The van der Waals surface area contributed by atoms with Crippen LogP contribution in [-0.4, -0.2) is 60.2 Å². The van der Waals surface area contributed by atoms with Crippen molar-refractivity contribution in [3.05, 3.63) is 70.0 Å². The normalized spacial score (nSPS) is 24.9. The largest absolute Gasteiger partial charge is 0.493 e. The molecule has 1 N–H and O–H groups in total. The summed E-state index contributed by atoms with van der Waals surface area (Å²) in [5.41, 5.74) is 4.70. The molecule has 1 aromatic carbocycles. The maximum atomic E-state index is 6.62. The number of aromatic nitrogens is 2. The molecule has 0 amide bonds. The number of fused-ring (bicyclic) bond motifs is 2. The molecule has 2 saturated heterocycles. The molecule has 2 unspecified atom stereocenters. The van der Waals surface area contributed by atoms with Gasteiger partial charge in [-0.1, -0.05) is 54.7 Å². The van der Waals surface area contributed by atoms with E-state index in [1.807, 2.05) is 19.1 Å². The first-order valence-corrected chi connectivity index (χ1v) is 15.5. The fourth-order valence-electron chi connectivity index (χ4n) is 7.28. The van der Waals surface area contributed by atoms with Crippen LogP contribution >= 0.6 is 23.2 Å². The highest BCUT2D eigenvalue weighted by Gasteiger charge is 2.49. The van der Waals surface area contributed by atoms with Crippen molar-refractivity contribution in [2.45, 2.75) is 57.5 Å². The summed E-state index contributed by atoms with van der Waals surface area (Å²) >= 11 is 12.8. The maximum Gasteiger partial charge on any atom is 0.147 e. The zero-order valence-electron chi connectivity index (χ0n) is 23.5. The summed E-state index contributed by atoms with van der Waals surface area (Å²) in [5.74, 6) is 2.17.